The van der Waals surface area contributed by atoms with Gasteiger partial charge in [0.1, 0.15) is 24.1 Å². The number of benzene rings is 2. The highest BCUT2D eigenvalue weighted by Crippen LogP contribution is 2.53. The highest BCUT2D eigenvalue weighted by atomic mass is 16.5. The van der Waals surface area contributed by atoms with Crippen LogP contribution >= 0.6 is 0 Å². The molecule has 6 fully saturated rings. The molecule has 8 aliphatic rings. The largest absolute Gasteiger partial charge is 0.496 e. The molecule has 4 bridgehead atoms. The number of aliphatic hydroxyl groups excluding tert-OH is 4. The van der Waals surface area contributed by atoms with Gasteiger partial charge in [-0.15, -0.1) is 13.2 Å². The van der Waals surface area contributed by atoms with Crippen molar-refractivity contribution in [3.63, 3.8) is 0 Å². The zero-order valence-electron chi connectivity index (χ0n) is 47.3. The number of methoxy groups -OCH3 is 2. The number of nitrogens with zero attached hydrogens (tertiary/aromatic N) is 4. The molecule has 2 aromatic rings. The van der Waals surface area contributed by atoms with Crippen LogP contribution in [-0.4, -0.2) is 171 Å². The van der Waals surface area contributed by atoms with E-state index in [0.29, 0.717) is 36.9 Å². The van der Waals surface area contributed by atoms with Crippen LogP contribution in [0.4, 0.5) is 11.4 Å². The normalized spacial score (nSPS) is 32.2. The Morgan fingerprint density at radius 3 is 1.33 bits per heavy atom. The Balaban J connectivity index is 0.768. The average Bonchev–Trinajstić information content (AvgIpc) is 3.41. The number of rotatable bonds is 27. The van der Waals surface area contributed by atoms with Gasteiger partial charge in [-0.1, -0.05) is 51.7 Å². The SMILES string of the molecule is C=C[C@H]1CN2CCC1C[C@H]2[C@H](O)C1c2c(cc(C)c(OC)c2C)N(CC(O)COCCCCCCCCOCC(O)CN2c3cc(C)c(OC)c(C)c3C([C@@H](O)[C@@H]3CC4CCN3C[C@@H]4C=C)C(C)C2C=O)C(C=O)C1C. The summed E-state index contributed by atoms with van der Waals surface area (Å²) < 4.78 is 23.9. The number of carbonyl (C=O) groups excluding carboxylic acids is 2. The van der Waals surface area contributed by atoms with Crippen LogP contribution in [0, 0.1) is 63.2 Å². The first-order valence-electron chi connectivity index (χ1n) is 29.0. The van der Waals surface area contributed by atoms with Crippen molar-refractivity contribution in [3.8, 4) is 11.5 Å². The molecule has 10 rings (SSSR count). The molecule has 0 spiro atoms. The molecular formula is C62H94N4O10. The topological polar surface area (TPSA) is 165 Å². The van der Waals surface area contributed by atoms with Crippen molar-refractivity contribution < 1.29 is 49.0 Å². The number of aliphatic hydroxyl groups is 4. The number of piperidine rings is 6. The number of fused-ring (bicyclic) bond motifs is 8. The van der Waals surface area contributed by atoms with E-state index in [2.05, 4.69) is 74.9 Å². The Kier molecular flexibility index (Phi) is 19.9. The molecule has 0 saturated carbocycles. The molecule has 14 heteroatoms. The minimum atomic E-state index is -0.818. The van der Waals surface area contributed by atoms with Crippen LogP contribution in [0.3, 0.4) is 0 Å². The number of unbranched alkanes of at least 4 members (excludes halogenated alkanes) is 5. The lowest BCUT2D eigenvalue weighted by Gasteiger charge is -2.54. The fourth-order valence-corrected chi connectivity index (χ4v) is 15.6. The number of ether oxygens (including phenoxy) is 4. The average molecular weight is 1060 g/mol. The van der Waals surface area contributed by atoms with E-state index in [1.807, 2.05) is 23.6 Å². The Labute approximate surface area is 454 Å². The summed E-state index contributed by atoms with van der Waals surface area (Å²) >= 11 is 0. The van der Waals surface area contributed by atoms with Crippen LogP contribution < -0.4 is 19.3 Å². The number of hydrogen-bond acceptors (Lipinski definition) is 14. The second-order valence-corrected chi connectivity index (χ2v) is 23.9. The fourth-order valence-electron chi connectivity index (χ4n) is 15.6. The number of hydrogen-bond donors (Lipinski definition) is 4. The quantitative estimate of drug-likeness (QED) is 0.0396. The lowest BCUT2D eigenvalue weighted by molar-refractivity contribution is -0.112. The van der Waals surface area contributed by atoms with E-state index < -0.39 is 36.5 Å². The van der Waals surface area contributed by atoms with Gasteiger partial charge in [-0.2, -0.15) is 0 Å². The van der Waals surface area contributed by atoms with Crippen molar-refractivity contribution in [2.24, 2.45) is 35.5 Å². The van der Waals surface area contributed by atoms with Gasteiger partial charge in [-0.3, -0.25) is 9.80 Å². The van der Waals surface area contributed by atoms with Gasteiger partial charge in [0.15, 0.2) is 0 Å². The number of β-amino-alcohol motifs (C(OH)–C–C–N with tert-alkyl or cyclic N) is 2. The molecule has 14 nitrogen and oxygen atoms in total. The molecule has 0 radical (unpaired) electrons. The first-order valence-corrected chi connectivity index (χ1v) is 29.0. The van der Waals surface area contributed by atoms with Crippen molar-refractivity contribution in [2.45, 2.75) is 166 Å². The highest BCUT2D eigenvalue weighted by Gasteiger charge is 2.52. The third-order valence-corrected chi connectivity index (χ3v) is 19.5. The number of carbonyl (C=O) groups is 2. The van der Waals surface area contributed by atoms with Gasteiger partial charge in [0.2, 0.25) is 0 Å². The van der Waals surface area contributed by atoms with Gasteiger partial charge in [-0.05, 0) is 160 Å². The van der Waals surface area contributed by atoms with E-state index in [4.69, 9.17) is 18.9 Å². The smallest absolute Gasteiger partial charge is 0.142 e. The van der Waals surface area contributed by atoms with Crippen molar-refractivity contribution >= 4 is 23.9 Å². The Morgan fingerprint density at radius 2 is 1.00 bits per heavy atom. The van der Waals surface area contributed by atoms with Crippen LogP contribution in [-0.2, 0) is 19.1 Å². The lowest BCUT2D eigenvalue weighted by atomic mass is 9.67. The van der Waals surface area contributed by atoms with Gasteiger partial charge in [0.25, 0.3) is 0 Å². The predicted octanol–water partition coefficient (Wildman–Crippen LogP) is 7.46. The number of anilines is 2. The van der Waals surface area contributed by atoms with E-state index in [0.717, 1.165) is 159 Å². The predicted molar refractivity (Wildman–Crippen MR) is 300 cm³/mol. The van der Waals surface area contributed by atoms with Crippen LogP contribution in [0.1, 0.15) is 123 Å². The minimum absolute atomic E-state index is 0.00270. The molecule has 8 aliphatic heterocycles. The molecule has 0 amide bonds. The molecule has 2 aromatic carbocycles. The molecule has 12 unspecified atom stereocenters. The maximum atomic E-state index is 13.0. The Bertz CT molecular complexity index is 2160. The second kappa shape index (κ2) is 25.9. The third kappa shape index (κ3) is 11.7. The summed E-state index contributed by atoms with van der Waals surface area (Å²) in [5.41, 5.74) is 7.60. The fraction of sp³-hybridized carbons (Fsp3) is 0.710. The van der Waals surface area contributed by atoms with E-state index in [1.165, 1.54) is 0 Å². The molecule has 4 N–H and O–H groups in total. The van der Waals surface area contributed by atoms with Crippen molar-refractivity contribution in [3.05, 3.63) is 70.8 Å². The van der Waals surface area contributed by atoms with Gasteiger partial charge in [0.05, 0.1) is 63.9 Å². The summed E-state index contributed by atoms with van der Waals surface area (Å²) in [6, 6.07) is 3.07. The molecule has 0 aromatic heterocycles. The van der Waals surface area contributed by atoms with Gasteiger partial charge >= 0.3 is 0 Å². The van der Waals surface area contributed by atoms with Gasteiger partial charge in [0, 0.05) is 74.7 Å². The standard InChI is InChI=1S/C62H94N4O10/c1-11-43-29-63-21-19-45(43)27-51(63)59(71)57-39(5)53(33-67)65(49-25-37(3)61(73-9)41(7)55(49)57)31-47(69)35-75-23-17-15-13-14-16-18-24-76-36-48(70)32-66-50-26-38(4)62(74-10)42(8)56(50)58(40(6)54(66)34-68)60(72)52-28-46-20-22-64(52)30-44(46)12-2/h11-12,25-26,33-34,39-40,43-48,51-54,57-60,69-72H,1-2,13-24,27-32,35-36H2,3-10H3/t39?,40?,43-,44-,45?,46?,47?,48?,51-,52-,53?,54?,57?,58?,59-,60-/m0/s1. The first kappa shape index (κ1) is 58.3. The Hall–Kier alpha value is -3.86. The third-order valence-electron chi connectivity index (χ3n) is 19.5. The second-order valence-electron chi connectivity index (χ2n) is 23.9. The number of aryl methyl sites for hydroxylation is 2. The summed E-state index contributed by atoms with van der Waals surface area (Å²) in [6.45, 7) is 26.0. The highest BCUT2D eigenvalue weighted by molar-refractivity contribution is 5.76. The Morgan fingerprint density at radius 1 is 0.618 bits per heavy atom. The van der Waals surface area contributed by atoms with Crippen molar-refractivity contribution in [1.29, 1.82) is 0 Å². The van der Waals surface area contributed by atoms with E-state index >= 15 is 0 Å². The summed E-state index contributed by atoms with van der Waals surface area (Å²) in [6.07, 6.45) is 13.1. The molecule has 76 heavy (non-hydrogen) atoms. The summed E-state index contributed by atoms with van der Waals surface area (Å²) in [4.78, 5) is 35.0. The van der Waals surface area contributed by atoms with Gasteiger partial charge < -0.3 is 58.8 Å². The number of aldehydes is 2. The zero-order valence-corrected chi connectivity index (χ0v) is 47.3. The van der Waals surface area contributed by atoms with E-state index in [9.17, 15) is 30.0 Å². The maximum absolute atomic E-state index is 13.0. The van der Waals surface area contributed by atoms with Crippen LogP contribution in [0.25, 0.3) is 0 Å². The minimum Gasteiger partial charge on any atom is -0.496 e. The summed E-state index contributed by atoms with van der Waals surface area (Å²) in [7, 11) is 3.36. The van der Waals surface area contributed by atoms with E-state index in [1.54, 1.807) is 14.2 Å². The molecule has 18 atom stereocenters. The van der Waals surface area contributed by atoms with E-state index in [-0.39, 0.29) is 62.1 Å². The van der Waals surface area contributed by atoms with Crippen molar-refractivity contribution in [2.75, 3.05) is 89.7 Å². The lowest BCUT2D eigenvalue weighted by Crippen LogP contribution is -2.60. The molecule has 0 aliphatic carbocycles. The maximum Gasteiger partial charge on any atom is 0.142 e. The molecule has 422 valence electrons. The summed E-state index contributed by atoms with van der Waals surface area (Å²) in [5, 5.41) is 47.5. The summed E-state index contributed by atoms with van der Waals surface area (Å²) in [5.74, 6) is 2.50. The first-order chi connectivity index (χ1) is 36.6. The van der Waals surface area contributed by atoms with Crippen LogP contribution in [0.2, 0.25) is 0 Å². The van der Waals surface area contributed by atoms with Crippen molar-refractivity contribution in [1.82, 2.24) is 9.80 Å². The zero-order chi connectivity index (χ0) is 54.5. The van der Waals surface area contributed by atoms with Gasteiger partial charge in [-0.25, -0.2) is 0 Å². The molecule has 8 heterocycles. The molecular weight excluding hydrogens is 961 g/mol. The monoisotopic (exact) mass is 1050 g/mol. The molecule has 6 saturated heterocycles. The van der Waals surface area contributed by atoms with Crippen LogP contribution in [0.5, 0.6) is 11.5 Å². The van der Waals surface area contributed by atoms with Crippen LogP contribution in [0.15, 0.2) is 37.4 Å².